The van der Waals surface area contributed by atoms with Crippen LogP contribution in [0.4, 0.5) is 10.1 Å². The number of anilines is 1. The van der Waals surface area contributed by atoms with E-state index in [0.717, 1.165) is 33.4 Å². The lowest BCUT2D eigenvalue weighted by atomic mass is 10.1. The zero-order valence-corrected chi connectivity index (χ0v) is 14.2. The maximum Gasteiger partial charge on any atom is 0.255 e. The first-order valence-corrected chi connectivity index (χ1v) is 8.35. The van der Waals surface area contributed by atoms with Crippen LogP contribution in [0.15, 0.2) is 72.8 Å². The Hall–Kier alpha value is -3.40. The number of amides is 1. The number of carbonyl (C=O) groups excluding carboxylic acids is 1. The van der Waals surface area contributed by atoms with Gasteiger partial charge >= 0.3 is 0 Å². The summed E-state index contributed by atoms with van der Waals surface area (Å²) in [5.74, 6) is -0.393. The second-order valence-corrected chi connectivity index (χ2v) is 6.31. The first kappa shape index (κ1) is 16.1. The largest absolute Gasteiger partial charge is 0.355 e. The van der Waals surface area contributed by atoms with Crippen LogP contribution in [0.1, 0.15) is 15.9 Å². The minimum absolute atomic E-state index is 0.140. The van der Waals surface area contributed by atoms with Gasteiger partial charge in [-0.1, -0.05) is 29.8 Å². The number of aromatic nitrogens is 1. The molecule has 0 bridgehead atoms. The summed E-state index contributed by atoms with van der Waals surface area (Å²) in [4.78, 5) is 15.6. The molecule has 0 aliphatic carbocycles. The van der Waals surface area contributed by atoms with E-state index in [0.29, 0.717) is 5.56 Å². The van der Waals surface area contributed by atoms with Gasteiger partial charge in [-0.15, -0.1) is 0 Å². The number of aryl methyl sites for hydroxylation is 1. The molecule has 4 aromatic rings. The van der Waals surface area contributed by atoms with Crippen molar-refractivity contribution < 1.29 is 9.18 Å². The number of benzene rings is 3. The molecule has 0 atom stereocenters. The van der Waals surface area contributed by atoms with Crippen molar-refractivity contribution in [1.29, 1.82) is 0 Å². The Morgan fingerprint density at radius 3 is 2.38 bits per heavy atom. The summed E-state index contributed by atoms with van der Waals surface area (Å²) in [5.41, 5.74) is 5.22. The Morgan fingerprint density at radius 1 is 0.923 bits per heavy atom. The number of hydrogen-bond acceptors (Lipinski definition) is 1. The Labute approximate surface area is 150 Å². The van der Waals surface area contributed by atoms with Gasteiger partial charge in [0.25, 0.3) is 5.91 Å². The molecule has 26 heavy (non-hydrogen) atoms. The van der Waals surface area contributed by atoms with E-state index in [1.165, 1.54) is 12.1 Å². The van der Waals surface area contributed by atoms with Gasteiger partial charge in [-0.05, 0) is 61.0 Å². The van der Waals surface area contributed by atoms with Gasteiger partial charge in [-0.3, -0.25) is 4.79 Å². The van der Waals surface area contributed by atoms with Crippen LogP contribution in [0.5, 0.6) is 0 Å². The van der Waals surface area contributed by atoms with Gasteiger partial charge in [0.15, 0.2) is 0 Å². The van der Waals surface area contributed by atoms with Crippen LogP contribution in [0.25, 0.3) is 22.2 Å². The molecule has 0 aliphatic rings. The monoisotopic (exact) mass is 344 g/mol. The molecule has 2 N–H and O–H groups in total. The van der Waals surface area contributed by atoms with Gasteiger partial charge in [0.1, 0.15) is 5.82 Å². The summed E-state index contributed by atoms with van der Waals surface area (Å²) in [6.07, 6.45) is 0. The van der Waals surface area contributed by atoms with Crippen LogP contribution in [0, 0.1) is 12.7 Å². The number of carbonyl (C=O) groups is 1. The molecular formula is C22H17FN2O. The normalized spacial score (nSPS) is 10.8. The van der Waals surface area contributed by atoms with Gasteiger partial charge in [0.2, 0.25) is 0 Å². The van der Waals surface area contributed by atoms with Crippen molar-refractivity contribution in [2.24, 2.45) is 0 Å². The number of fused-ring (bicyclic) bond motifs is 1. The average molecular weight is 344 g/mol. The van der Waals surface area contributed by atoms with Crippen molar-refractivity contribution in [3.8, 4) is 11.3 Å². The minimum Gasteiger partial charge on any atom is -0.355 e. The van der Waals surface area contributed by atoms with Crippen LogP contribution in [-0.4, -0.2) is 10.9 Å². The van der Waals surface area contributed by atoms with Gasteiger partial charge in [0.05, 0.1) is 0 Å². The average Bonchev–Trinajstić information content (AvgIpc) is 3.06. The standard InChI is InChI=1S/C22H17FN2O/c1-14-2-4-16(5-3-14)22(26)24-19-9-6-15(7-10-19)21-13-17-12-18(23)8-11-20(17)25-21/h2-13,25H,1H3,(H,24,26). The lowest BCUT2D eigenvalue weighted by molar-refractivity contribution is 0.102. The highest BCUT2D eigenvalue weighted by Gasteiger charge is 2.07. The zero-order chi connectivity index (χ0) is 18.1. The molecule has 0 unspecified atom stereocenters. The van der Waals surface area contributed by atoms with Gasteiger partial charge in [-0.25, -0.2) is 4.39 Å². The lowest BCUT2D eigenvalue weighted by Crippen LogP contribution is -2.11. The van der Waals surface area contributed by atoms with Crippen LogP contribution in [-0.2, 0) is 0 Å². The molecule has 0 fully saturated rings. The Bertz CT molecular complexity index is 1080. The fraction of sp³-hybridized carbons (Fsp3) is 0.0455. The summed E-state index contributed by atoms with van der Waals surface area (Å²) < 4.78 is 13.3. The van der Waals surface area contributed by atoms with E-state index in [2.05, 4.69) is 10.3 Å². The maximum atomic E-state index is 13.3. The molecular weight excluding hydrogens is 327 g/mol. The summed E-state index contributed by atoms with van der Waals surface area (Å²) in [6, 6.07) is 21.6. The number of H-pyrrole nitrogens is 1. The highest BCUT2D eigenvalue weighted by molar-refractivity contribution is 6.04. The van der Waals surface area contributed by atoms with Crippen molar-refractivity contribution in [2.75, 3.05) is 5.32 Å². The second kappa shape index (κ2) is 6.48. The van der Waals surface area contributed by atoms with Crippen molar-refractivity contribution in [3.63, 3.8) is 0 Å². The van der Waals surface area contributed by atoms with Crippen molar-refractivity contribution in [1.82, 2.24) is 4.98 Å². The second-order valence-electron chi connectivity index (χ2n) is 6.31. The molecule has 4 rings (SSSR count). The van der Waals surface area contributed by atoms with Crippen LogP contribution >= 0.6 is 0 Å². The van der Waals surface area contributed by atoms with Gasteiger partial charge in [-0.2, -0.15) is 0 Å². The number of rotatable bonds is 3. The van der Waals surface area contributed by atoms with E-state index >= 15 is 0 Å². The third-order valence-electron chi connectivity index (χ3n) is 4.35. The highest BCUT2D eigenvalue weighted by atomic mass is 19.1. The molecule has 0 spiro atoms. The van der Waals surface area contributed by atoms with Crippen molar-refractivity contribution >= 4 is 22.5 Å². The van der Waals surface area contributed by atoms with E-state index in [9.17, 15) is 9.18 Å². The topological polar surface area (TPSA) is 44.9 Å². The van der Waals surface area contributed by atoms with Gasteiger partial charge in [0, 0.05) is 27.8 Å². The van der Waals surface area contributed by atoms with Crippen LogP contribution in [0.3, 0.4) is 0 Å². The molecule has 3 aromatic carbocycles. The van der Waals surface area contributed by atoms with Crippen LogP contribution in [0.2, 0.25) is 0 Å². The van der Waals surface area contributed by atoms with E-state index in [1.54, 1.807) is 6.07 Å². The molecule has 3 nitrogen and oxygen atoms in total. The van der Waals surface area contributed by atoms with Crippen molar-refractivity contribution in [2.45, 2.75) is 6.92 Å². The summed E-state index contributed by atoms with van der Waals surface area (Å²) in [5, 5.41) is 3.72. The first-order valence-electron chi connectivity index (χ1n) is 8.35. The molecule has 0 aliphatic heterocycles. The van der Waals surface area contributed by atoms with E-state index in [1.807, 2.05) is 61.5 Å². The Kier molecular flexibility index (Phi) is 4.01. The number of hydrogen-bond donors (Lipinski definition) is 2. The predicted molar refractivity (Wildman–Crippen MR) is 103 cm³/mol. The molecule has 1 aromatic heterocycles. The third-order valence-corrected chi connectivity index (χ3v) is 4.35. The Balaban J connectivity index is 1.54. The number of nitrogens with one attached hydrogen (secondary N) is 2. The molecule has 128 valence electrons. The zero-order valence-electron chi connectivity index (χ0n) is 14.2. The summed E-state index contributed by atoms with van der Waals surface area (Å²) in [6.45, 7) is 1.98. The third kappa shape index (κ3) is 3.22. The fourth-order valence-electron chi connectivity index (χ4n) is 2.90. The summed E-state index contributed by atoms with van der Waals surface area (Å²) >= 11 is 0. The maximum absolute atomic E-state index is 13.3. The Morgan fingerprint density at radius 2 is 1.65 bits per heavy atom. The van der Waals surface area contributed by atoms with Gasteiger partial charge < -0.3 is 10.3 Å². The first-order chi connectivity index (χ1) is 12.6. The number of aromatic amines is 1. The molecule has 0 radical (unpaired) electrons. The fourth-order valence-corrected chi connectivity index (χ4v) is 2.90. The molecule has 4 heteroatoms. The number of halogens is 1. The predicted octanol–water partition coefficient (Wildman–Crippen LogP) is 5.53. The SMILES string of the molecule is Cc1ccc(C(=O)Nc2ccc(-c3cc4cc(F)ccc4[nH]3)cc2)cc1. The minimum atomic E-state index is -0.253. The lowest BCUT2D eigenvalue weighted by Gasteiger charge is -2.06. The van der Waals surface area contributed by atoms with E-state index < -0.39 is 0 Å². The van der Waals surface area contributed by atoms with E-state index in [-0.39, 0.29) is 11.7 Å². The van der Waals surface area contributed by atoms with Crippen LogP contribution < -0.4 is 5.32 Å². The molecule has 1 heterocycles. The molecule has 0 saturated carbocycles. The quantitative estimate of drug-likeness (QED) is 0.504. The summed E-state index contributed by atoms with van der Waals surface area (Å²) in [7, 11) is 0. The smallest absolute Gasteiger partial charge is 0.255 e. The molecule has 0 saturated heterocycles. The van der Waals surface area contributed by atoms with E-state index in [4.69, 9.17) is 0 Å². The van der Waals surface area contributed by atoms with Crippen molar-refractivity contribution in [3.05, 3.63) is 89.7 Å². The highest BCUT2D eigenvalue weighted by Crippen LogP contribution is 2.26. The molecule has 1 amide bonds.